The number of rotatable bonds is 4. The van der Waals surface area contributed by atoms with E-state index in [4.69, 9.17) is 16.3 Å². The van der Waals surface area contributed by atoms with Crippen LogP contribution >= 0.6 is 11.6 Å². The van der Waals surface area contributed by atoms with Crippen molar-refractivity contribution in [3.05, 3.63) is 28.3 Å². The van der Waals surface area contributed by atoms with Gasteiger partial charge in [0.15, 0.2) is 6.10 Å². The molecule has 0 unspecified atom stereocenters. The van der Waals surface area contributed by atoms with Crippen LogP contribution in [0.15, 0.2) is 12.1 Å². The molecule has 1 aliphatic heterocycles. The lowest BCUT2D eigenvalue weighted by atomic mass is 9.64. The highest BCUT2D eigenvalue weighted by Gasteiger charge is 2.51. The maximum absolute atomic E-state index is 13.1. The minimum absolute atomic E-state index is 0.0880. The molecular formula is C22H26ClF3N2O3. The zero-order valence-corrected chi connectivity index (χ0v) is 18.2. The van der Waals surface area contributed by atoms with Gasteiger partial charge in [-0.1, -0.05) is 18.0 Å². The molecule has 1 heterocycles. The van der Waals surface area contributed by atoms with Crippen molar-refractivity contribution in [1.29, 1.82) is 5.26 Å². The number of aliphatic hydroxyl groups excluding tert-OH is 1. The zero-order chi connectivity index (χ0) is 22.9. The number of methoxy groups -OCH3 is 1. The summed E-state index contributed by atoms with van der Waals surface area (Å²) in [5.41, 5.74) is 0.671. The standard InChI is InChI=1S/C22H26ClF3N2O3/c1-12-14-4-3-5-16(21(30)22(24,25)26)15(14)8-9-28(12)19(29)10-17-13(11-27)6-7-18(31-2)20(17)23/h6-7,12,14-16,21,30H,3-5,8-10H2,1-2H3/t12-,14+,15+,16+,21+/m0/s1. The Balaban J connectivity index is 1.78. The summed E-state index contributed by atoms with van der Waals surface area (Å²) in [6.45, 7) is 2.17. The number of hydrogen-bond acceptors (Lipinski definition) is 4. The largest absolute Gasteiger partial charge is 0.495 e. The van der Waals surface area contributed by atoms with Crippen LogP contribution in [0.3, 0.4) is 0 Å². The van der Waals surface area contributed by atoms with Crippen molar-refractivity contribution in [2.75, 3.05) is 13.7 Å². The zero-order valence-electron chi connectivity index (χ0n) is 17.5. The first-order chi connectivity index (χ1) is 14.6. The lowest BCUT2D eigenvalue weighted by molar-refractivity contribution is -0.233. The van der Waals surface area contributed by atoms with Gasteiger partial charge in [0.2, 0.25) is 5.91 Å². The van der Waals surface area contributed by atoms with Crippen LogP contribution in [-0.4, -0.2) is 47.9 Å². The number of benzene rings is 1. The Hall–Kier alpha value is -1.98. The Morgan fingerprint density at radius 2 is 2.06 bits per heavy atom. The van der Waals surface area contributed by atoms with Gasteiger partial charge in [-0.15, -0.1) is 0 Å². The minimum atomic E-state index is -4.64. The number of fused-ring (bicyclic) bond motifs is 1. The van der Waals surface area contributed by atoms with Gasteiger partial charge in [0.25, 0.3) is 0 Å². The Morgan fingerprint density at radius 1 is 1.35 bits per heavy atom. The molecule has 1 aromatic rings. The number of nitriles is 1. The minimum Gasteiger partial charge on any atom is -0.495 e. The Bertz CT molecular complexity index is 871. The van der Waals surface area contributed by atoms with Gasteiger partial charge in [0, 0.05) is 18.2 Å². The van der Waals surface area contributed by atoms with E-state index in [9.17, 15) is 28.3 Å². The Morgan fingerprint density at radius 3 is 2.68 bits per heavy atom. The predicted octanol–water partition coefficient (Wildman–Crippen LogP) is 4.34. The number of carbonyl (C=O) groups excluding carboxylic acids is 1. The van der Waals surface area contributed by atoms with Crippen molar-refractivity contribution in [1.82, 2.24) is 4.90 Å². The second-order valence-electron chi connectivity index (χ2n) is 8.42. The summed E-state index contributed by atoms with van der Waals surface area (Å²) in [5.74, 6) is -1.08. The number of likely N-dealkylation sites (tertiary alicyclic amines) is 1. The summed E-state index contributed by atoms with van der Waals surface area (Å²) in [6, 6.07) is 4.90. The first-order valence-corrected chi connectivity index (χ1v) is 10.8. The van der Waals surface area contributed by atoms with Gasteiger partial charge >= 0.3 is 6.18 Å². The molecule has 1 aliphatic carbocycles. The number of amides is 1. The average molecular weight is 459 g/mol. The molecule has 5 atom stereocenters. The molecule has 1 saturated carbocycles. The van der Waals surface area contributed by atoms with Gasteiger partial charge in [-0.05, 0) is 56.1 Å². The molecule has 0 radical (unpaired) electrons. The summed E-state index contributed by atoms with van der Waals surface area (Å²) in [6.07, 6.45) is -4.99. The Kier molecular flexibility index (Phi) is 7.07. The van der Waals surface area contributed by atoms with E-state index < -0.39 is 18.2 Å². The second kappa shape index (κ2) is 9.25. The molecular weight excluding hydrogens is 433 g/mol. The van der Waals surface area contributed by atoms with E-state index in [1.54, 1.807) is 17.0 Å². The lowest BCUT2D eigenvalue weighted by Crippen LogP contribution is -2.55. The van der Waals surface area contributed by atoms with Crippen LogP contribution in [0.2, 0.25) is 5.02 Å². The third-order valence-corrected chi connectivity index (χ3v) is 7.34. The van der Waals surface area contributed by atoms with Crippen molar-refractivity contribution in [3.8, 4) is 11.8 Å². The number of hydrogen-bond donors (Lipinski definition) is 1. The van der Waals surface area contributed by atoms with Crippen LogP contribution in [0.25, 0.3) is 0 Å². The maximum Gasteiger partial charge on any atom is 0.414 e. The lowest BCUT2D eigenvalue weighted by Gasteiger charge is -2.50. The first kappa shape index (κ1) is 23.7. The summed E-state index contributed by atoms with van der Waals surface area (Å²) >= 11 is 6.34. The van der Waals surface area contributed by atoms with E-state index in [1.807, 2.05) is 13.0 Å². The van der Waals surface area contributed by atoms with Gasteiger partial charge < -0.3 is 14.7 Å². The molecule has 1 saturated heterocycles. The molecule has 0 aromatic heterocycles. The van der Waals surface area contributed by atoms with Crippen LogP contribution in [0.5, 0.6) is 5.75 Å². The number of nitrogens with zero attached hydrogens (tertiary/aromatic N) is 2. The summed E-state index contributed by atoms with van der Waals surface area (Å²) < 4.78 is 44.6. The van der Waals surface area contributed by atoms with Crippen molar-refractivity contribution in [3.63, 3.8) is 0 Å². The molecule has 3 rings (SSSR count). The quantitative estimate of drug-likeness (QED) is 0.728. The fourth-order valence-corrected chi connectivity index (χ4v) is 5.67. The molecule has 0 bridgehead atoms. The summed E-state index contributed by atoms with van der Waals surface area (Å²) in [7, 11) is 1.45. The molecule has 1 amide bonds. The molecule has 1 N–H and O–H groups in total. The first-order valence-electron chi connectivity index (χ1n) is 10.4. The van der Waals surface area contributed by atoms with Gasteiger partial charge in [0.1, 0.15) is 5.75 Å². The highest BCUT2D eigenvalue weighted by molar-refractivity contribution is 6.33. The van der Waals surface area contributed by atoms with Gasteiger partial charge in [-0.3, -0.25) is 4.79 Å². The summed E-state index contributed by atoms with van der Waals surface area (Å²) in [4.78, 5) is 14.8. The number of carbonyl (C=O) groups is 1. The molecule has 31 heavy (non-hydrogen) atoms. The van der Waals surface area contributed by atoms with Crippen molar-refractivity contribution >= 4 is 17.5 Å². The van der Waals surface area contributed by atoms with Crippen molar-refractivity contribution < 1.29 is 27.8 Å². The van der Waals surface area contributed by atoms with Crippen molar-refractivity contribution in [2.45, 2.75) is 57.3 Å². The highest BCUT2D eigenvalue weighted by atomic mass is 35.5. The van der Waals surface area contributed by atoms with Crippen LogP contribution < -0.4 is 4.74 Å². The molecule has 0 spiro atoms. The number of piperidine rings is 1. The van der Waals surface area contributed by atoms with E-state index >= 15 is 0 Å². The van der Waals surface area contributed by atoms with Gasteiger partial charge in [-0.25, -0.2) is 0 Å². The van der Waals surface area contributed by atoms with E-state index in [0.29, 0.717) is 37.1 Å². The van der Waals surface area contributed by atoms with Crippen LogP contribution in [0, 0.1) is 29.1 Å². The van der Waals surface area contributed by atoms with Crippen molar-refractivity contribution in [2.24, 2.45) is 17.8 Å². The van der Waals surface area contributed by atoms with Gasteiger partial charge in [0.05, 0.1) is 30.2 Å². The summed E-state index contributed by atoms with van der Waals surface area (Å²) in [5, 5.41) is 19.5. The van der Waals surface area contributed by atoms with Gasteiger partial charge in [-0.2, -0.15) is 18.4 Å². The highest BCUT2D eigenvalue weighted by Crippen LogP contribution is 2.47. The molecule has 2 fully saturated rings. The molecule has 5 nitrogen and oxygen atoms in total. The topological polar surface area (TPSA) is 73.6 Å². The number of aliphatic hydroxyl groups is 1. The third kappa shape index (κ3) is 4.63. The number of ether oxygens (including phenoxy) is 1. The normalized spacial score (nSPS) is 27.2. The van der Waals surface area contributed by atoms with Crippen LogP contribution in [0.4, 0.5) is 13.2 Å². The van der Waals surface area contributed by atoms with E-state index in [1.165, 1.54) is 7.11 Å². The van der Waals surface area contributed by atoms with Crippen LogP contribution in [-0.2, 0) is 11.2 Å². The van der Waals surface area contributed by atoms with E-state index in [2.05, 4.69) is 0 Å². The molecule has 2 aliphatic rings. The third-order valence-electron chi connectivity index (χ3n) is 6.93. The monoisotopic (exact) mass is 458 g/mol. The molecule has 9 heteroatoms. The number of halogens is 4. The SMILES string of the molecule is COc1ccc(C#N)c(CC(=O)N2CC[C@H]3[C@H]([C@@H](O)C(F)(F)F)CCC[C@@H]3[C@@H]2C)c1Cl. The smallest absolute Gasteiger partial charge is 0.414 e. The molecule has 170 valence electrons. The maximum atomic E-state index is 13.1. The van der Waals surface area contributed by atoms with Crippen LogP contribution in [0.1, 0.15) is 43.7 Å². The second-order valence-corrected chi connectivity index (χ2v) is 8.80. The predicted molar refractivity (Wildman–Crippen MR) is 109 cm³/mol. The fraction of sp³-hybridized carbons (Fsp3) is 0.636. The average Bonchev–Trinajstić information content (AvgIpc) is 2.73. The molecule has 1 aromatic carbocycles. The fourth-order valence-electron chi connectivity index (χ4n) is 5.36. The van der Waals surface area contributed by atoms with E-state index in [0.717, 1.165) is 6.42 Å². The van der Waals surface area contributed by atoms with E-state index in [-0.39, 0.29) is 40.8 Å². The number of alkyl halides is 3. The Labute approximate surface area is 184 Å².